The van der Waals surface area contributed by atoms with E-state index in [1.807, 2.05) is 0 Å². The molecule has 1 aliphatic heterocycles. The lowest BCUT2D eigenvalue weighted by Crippen LogP contribution is -2.29. The second kappa shape index (κ2) is 9.07. The quantitative estimate of drug-likeness (QED) is 0.200. The minimum absolute atomic E-state index is 0.0740. The number of hydrogen-bond acceptors (Lipinski definition) is 4. The molecule has 1 atom stereocenters. The van der Waals surface area contributed by atoms with Gasteiger partial charge in [-0.15, -0.1) is 0 Å². The zero-order valence-electron chi connectivity index (χ0n) is 17.9. The zero-order valence-corrected chi connectivity index (χ0v) is 18.7. The summed E-state index contributed by atoms with van der Waals surface area (Å²) in [6, 6.07) is 11.4. The predicted molar refractivity (Wildman–Crippen MR) is 121 cm³/mol. The molecule has 0 spiro atoms. The Kier molecular flexibility index (Phi) is 6.29. The number of alkyl halides is 3. The first kappa shape index (κ1) is 24.3. The number of hydrogen-bond donors (Lipinski definition) is 1. The standard InChI is InChI=1S/C25H16ClF4NO4/c1-35-19-10-7-14(11-18(19)26)22(32)20-21(13-5-8-16(27)9-6-13)31(24(34)23(20)33)17-4-2-3-15(12-17)25(28,29)30/h2-12,21,32H,1H3/b22-20+. The third-order valence-electron chi connectivity index (χ3n) is 5.51. The summed E-state index contributed by atoms with van der Waals surface area (Å²) in [5.74, 6) is -3.19. The first-order chi connectivity index (χ1) is 16.5. The average Bonchev–Trinajstić information content (AvgIpc) is 3.09. The Morgan fingerprint density at radius 2 is 1.71 bits per heavy atom. The van der Waals surface area contributed by atoms with Gasteiger partial charge in [0, 0.05) is 11.3 Å². The molecule has 0 saturated carbocycles. The molecule has 1 unspecified atom stereocenters. The molecule has 4 rings (SSSR count). The number of ether oxygens (including phenoxy) is 1. The van der Waals surface area contributed by atoms with Crippen molar-refractivity contribution in [2.75, 3.05) is 12.0 Å². The number of amides is 1. The average molecular weight is 506 g/mol. The molecule has 1 aliphatic rings. The smallest absolute Gasteiger partial charge is 0.416 e. The van der Waals surface area contributed by atoms with Crippen molar-refractivity contribution in [3.63, 3.8) is 0 Å². The number of anilines is 1. The van der Waals surface area contributed by atoms with Crippen LogP contribution in [0.1, 0.15) is 22.7 Å². The number of benzene rings is 3. The van der Waals surface area contributed by atoms with Gasteiger partial charge in [0.25, 0.3) is 11.7 Å². The van der Waals surface area contributed by atoms with E-state index in [9.17, 15) is 32.3 Å². The number of rotatable bonds is 4. The van der Waals surface area contributed by atoms with Gasteiger partial charge < -0.3 is 9.84 Å². The van der Waals surface area contributed by atoms with Crippen LogP contribution in [0.3, 0.4) is 0 Å². The summed E-state index contributed by atoms with van der Waals surface area (Å²) in [5.41, 5.74) is -1.37. The minimum Gasteiger partial charge on any atom is -0.507 e. The second-order valence-electron chi connectivity index (χ2n) is 7.62. The number of Topliss-reactive ketones (excluding diaryl/α,β-unsaturated/α-hetero) is 1. The van der Waals surface area contributed by atoms with E-state index in [0.29, 0.717) is 5.75 Å². The molecule has 0 aliphatic carbocycles. The first-order valence-corrected chi connectivity index (χ1v) is 10.5. The van der Waals surface area contributed by atoms with Crippen LogP contribution in [0.5, 0.6) is 5.75 Å². The van der Waals surface area contributed by atoms with Gasteiger partial charge in [0.15, 0.2) is 0 Å². The van der Waals surface area contributed by atoms with Crippen LogP contribution in [0.4, 0.5) is 23.2 Å². The Bertz CT molecular complexity index is 1350. The van der Waals surface area contributed by atoms with Crippen LogP contribution < -0.4 is 9.64 Å². The van der Waals surface area contributed by atoms with E-state index in [-0.39, 0.29) is 27.4 Å². The molecule has 1 N–H and O–H groups in total. The van der Waals surface area contributed by atoms with Crippen molar-refractivity contribution in [3.05, 3.63) is 99.8 Å². The maximum absolute atomic E-state index is 13.6. The largest absolute Gasteiger partial charge is 0.507 e. The molecule has 1 amide bonds. The molecule has 0 bridgehead atoms. The third-order valence-corrected chi connectivity index (χ3v) is 5.80. The van der Waals surface area contributed by atoms with Crippen molar-refractivity contribution in [3.8, 4) is 5.75 Å². The van der Waals surface area contributed by atoms with Gasteiger partial charge in [-0.05, 0) is 54.1 Å². The topological polar surface area (TPSA) is 66.8 Å². The van der Waals surface area contributed by atoms with Gasteiger partial charge in [-0.3, -0.25) is 14.5 Å². The van der Waals surface area contributed by atoms with Gasteiger partial charge in [0.05, 0.1) is 29.3 Å². The van der Waals surface area contributed by atoms with Gasteiger partial charge >= 0.3 is 6.18 Å². The van der Waals surface area contributed by atoms with E-state index >= 15 is 0 Å². The highest BCUT2D eigenvalue weighted by molar-refractivity contribution is 6.51. The summed E-state index contributed by atoms with van der Waals surface area (Å²) in [6.45, 7) is 0. The highest BCUT2D eigenvalue weighted by Crippen LogP contribution is 2.44. The summed E-state index contributed by atoms with van der Waals surface area (Å²) in [5, 5.41) is 11.2. The van der Waals surface area contributed by atoms with E-state index in [1.54, 1.807) is 0 Å². The maximum Gasteiger partial charge on any atom is 0.416 e. The fourth-order valence-corrected chi connectivity index (χ4v) is 4.12. The number of carbonyl (C=O) groups is 2. The van der Waals surface area contributed by atoms with E-state index in [0.717, 1.165) is 35.2 Å². The highest BCUT2D eigenvalue weighted by atomic mass is 35.5. The van der Waals surface area contributed by atoms with Crippen molar-refractivity contribution in [2.24, 2.45) is 0 Å². The van der Waals surface area contributed by atoms with E-state index in [1.165, 1.54) is 43.5 Å². The van der Waals surface area contributed by atoms with Crippen molar-refractivity contribution in [1.82, 2.24) is 0 Å². The fourth-order valence-electron chi connectivity index (χ4n) is 3.86. The van der Waals surface area contributed by atoms with E-state index < -0.39 is 41.0 Å². The molecule has 3 aromatic rings. The van der Waals surface area contributed by atoms with Crippen LogP contribution in [0.15, 0.2) is 72.3 Å². The summed E-state index contributed by atoms with van der Waals surface area (Å²) in [4.78, 5) is 27.0. The second-order valence-corrected chi connectivity index (χ2v) is 8.03. The molecule has 5 nitrogen and oxygen atoms in total. The Morgan fingerprint density at radius 1 is 1.03 bits per heavy atom. The molecular weight excluding hydrogens is 490 g/mol. The monoisotopic (exact) mass is 505 g/mol. The van der Waals surface area contributed by atoms with Crippen LogP contribution in [-0.4, -0.2) is 23.9 Å². The van der Waals surface area contributed by atoms with Crippen molar-refractivity contribution in [2.45, 2.75) is 12.2 Å². The molecule has 1 fully saturated rings. The Balaban J connectivity index is 1.94. The SMILES string of the molecule is COc1ccc(/C(O)=C2\C(=O)C(=O)N(c3cccc(C(F)(F)F)c3)C2c2ccc(F)cc2)cc1Cl. The number of carbonyl (C=O) groups excluding carboxylic acids is 2. The summed E-state index contributed by atoms with van der Waals surface area (Å²) >= 11 is 6.13. The maximum atomic E-state index is 13.6. The number of aliphatic hydroxyl groups is 1. The van der Waals surface area contributed by atoms with Crippen molar-refractivity contribution in [1.29, 1.82) is 0 Å². The molecular formula is C25H16ClF4NO4. The van der Waals surface area contributed by atoms with Crippen LogP contribution in [0, 0.1) is 5.82 Å². The van der Waals surface area contributed by atoms with E-state index in [2.05, 4.69) is 0 Å². The first-order valence-electron chi connectivity index (χ1n) is 10.1. The molecule has 0 aromatic heterocycles. The molecule has 1 heterocycles. The Morgan fingerprint density at radius 3 is 2.31 bits per heavy atom. The third kappa shape index (κ3) is 4.46. The number of nitrogens with zero attached hydrogens (tertiary/aromatic N) is 1. The Hall–Kier alpha value is -3.85. The molecule has 3 aromatic carbocycles. The van der Waals surface area contributed by atoms with Crippen LogP contribution >= 0.6 is 11.6 Å². The molecule has 180 valence electrons. The van der Waals surface area contributed by atoms with Gasteiger partial charge in [-0.25, -0.2) is 4.39 Å². The molecule has 0 radical (unpaired) electrons. The van der Waals surface area contributed by atoms with Gasteiger partial charge in [0.1, 0.15) is 17.3 Å². The fraction of sp³-hybridized carbons (Fsp3) is 0.120. The van der Waals surface area contributed by atoms with Gasteiger partial charge in [-0.1, -0.05) is 29.8 Å². The molecule has 1 saturated heterocycles. The van der Waals surface area contributed by atoms with Crippen molar-refractivity contribution < 1.29 is 37.0 Å². The lowest BCUT2D eigenvalue weighted by Gasteiger charge is -2.26. The van der Waals surface area contributed by atoms with Crippen LogP contribution in [0.2, 0.25) is 5.02 Å². The van der Waals surface area contributed by atoms with E-state index in [4.69, 9.17) is 16.3 Å². The van der Waals surface area contributed by atoms with Crippen LogP contribution in [0.25, 0.3) is 5.76 Å². The van der Waals surface area contributed by atoms with Crippen molar-refractivity contribution >= 4 is 34.7 Å². The number of halogens is 5. The zero-order chi connectivity index (χ0) is 25.5. The number of aliphatic hydroxyl groups excluding tert-OH is 1. The number of ketones is 1. The predicted octanol–water partition coefficient (Wildman–Crippen LogP) is 6.13. The number of methoxy groups -OCH3 is 1. The normalized spacial score (nSPS) is 17.7. The van der Waals surface area contributed by atoms with Gasteiger partial charge in [0.2, 0.25) is 0 Å². The Labute approximate surface area is 201 Å². The molecule has 35 heavy (non-hydrogen) atoms. The summed E-state index contributed by atoms with van der Waals surface area (Å²) in [7, 11) is 1.38. The molecule has 10 heteroatoms. The van der Waals surface area contributed by atoms with Gasteiger partial charge in [-0.2, -0.15) is 13.2 Å². The summed E-state index contributed by atoms with van der Waals surface area (Å²) in [6.07, 6.45) is -4.70. The van der Waals surface area contributed by atoms with Crippen LogP contribution in [-0.2, 0) is 15.8 Å². The lowest BCUT2D eigenvalue weighted by atomic mass is 9.95. The lowest BCUT2D eigenvalue weighted by molar-refractivity contribution is -0.137. The highest BCUT2D eigenvalue weighted by Gasteiger charge is 2.47. The summed E-state index contributed by atoms with van der Waals surface area (Å²) < 4.78 is 58.7. The minimum atomic E-state index is -4.70.